The number of carbonyl (C=O) groups is 2. The van der Waals surface area contributed by atoms with Crippen molar-refractivity contribution in [2.24, 2.45) is 10.1 Å². The van der Waals surface area contributed by atoms with Gasteiger partial charge in [0.25, 0.3) is 0 Å². The highest BCUT2D eigenvalue weighted by Gasteiger charge is 2.25. The largest absolute Gasteiger partial charge is 0.455 e. The Labute approximate surface area is 124 Å². The van der Waals surface area contributed by atoms with Gasteiger partial charge in [-0.2, -0.15) is 15.1 Å². The summed E-state index contributed by atoms with van der Waals surface area (Å²) in [6.45, 7) is 0. The first kappa shape index (κ1) is 13.3. The summed E-state index contributed by atoms with van der Waals surface area (Å²) in [5, 5.41) is 5.32. The van der Waals surface area contributed by atoms with E-state index in [4.69, 9.17) is 16.0 Å². The highest BCUT2D eigenvalue weighted by atomic mass is 35.5. The Morgan fingerprint density at radius 3 is 2.57 bits per heavy atom. The van der Waals surface area contributed by atoms with Crippen LogP contribution < -0.4 is 0 Å². The Morgan fingerprint density at radius 1 is 1.14 bits per heavy atom. The predicted molar refractivity (Wildman–Crippen MR) is 77.1 cm³/mol. The van der Waals surface area contributed by atoms with Gasteiger partial charge in [0.2, 0.25) is 0 Å². The van der Waals surface area contributed by atoms with Crippen molar-refractivity contribution in [2.45, 2.75) is 0 Å². The fraction of sp³-hybridized carbons (Fsp3) is 0. The lowest BCUT2D eigenvalue weighted by Crippen LogP contribution is -2.23. The molecule has 0 N–H and O–H groups in total. The number of benzene rings is 1. The summed E-state index contributed by atoms with van der Waals surface area (Å²) >= 11 is 5.82. The van der Waals surface area contributed by atoms with Crippen LogP contribution in [0.5, 0.6) is 0 Å². The van der Waals surface area contributed by atoms with Crippen molar-refractivity contribution >= 4 is 36.0 Å². The number of halogens is 1. The lowest BCUT2D eigenvalue weighted by molar-refractivity contribution is -0.139. The summed E-state index contributed by atoms with van der Waals surface area (Å²) < 4.78 is 5.57. The molecule has 0 aliphatic carbocycles. The second-order valence-corrected chi connectivity index (χ2v) is 4.59. The first-order valence-electron chi connectivity index (χ1n) is 5.95. The van der Waals surface area contributed by atoms with Gasteiger partial charge >= 0.3 is 11.8 Å². The highest BCUT2D eigenvalue weighted by molar-refractivity contribution is 6.41. The van der Waals surface area contributed by atoms with Crippen LogP contribution in [0, 0.1) is 0 Å². The molecule has 1 aromatic heterocycles. The minimum Gasteiger partial charge on any atom is -0.455 e. The van der Waals surface area contributed by atoms with Crippen molar-refractivity contribution in [1.29, 1.82) is 0 Å². The maximum Gasteiger partial charge on any atom is 0.340 e. The van der Waals surface area contributed by atoms with Gasteiger partial charge in [0, 0.05) is 10.6 Å². The van der Waals surface area contributed by atoms with Crippen LogP contribution in [-0.4, -0.2) is 29.4 Å². The third kappa shape index (κ3) is 2.75. The molecule has 1 aliphatic rings. The van der Waals surface area contributed by atoms with Gasteiger partial charge in [-0.3, -0.25) is 9.59 Å². The van der Waals surface area contributed by atoms with Crippen molar-refractivity contribution in [1.82, 2.24) is 5.01 Å². The van der Waals surface area contributed by atoms with Crippen molar-refractivity contribution < 1.29 is 14.0 Å². The topological polar surface area (TPSA) is 75.2 Å². The van der Waals surface area contributed by atoms with E-state index in [1.54, 1.807) is 24.3 Å². The van der Waals surface area contributed by atoms with Crippen LogP contribution in [0.2, 0.25) is 5.02 Å². The van der Waals surface area contributed by atoms with Gasteiger partial charge in [-0.1, -0.05) is 11.6 Å². The maximum absolute atomic E-state index is 11.3. The Kier molecular flexibility index (Phi) is 3.37. The van der Waals surface area contributed by atoms with E-state index in [0.29, 0.717) is 16.5 Å². The highest BCUT2D eigenvalue weighted by Crippen LogP contribution is 2.23. The van der Waals surface area contributed by atoms with Crippen molar-refractivity contribution in [3.8, 4) is 11.3 Å². The number of carbonyl (C=O) groups excluding carboxylic acids is 2. The molecule has 21 heavy (non-hydrogen) atoms. The number of hydrogen-bond donors (Lipinski definition) is 0. The zero-order valence-corrected chi connectivity index (χ0v) is 11.3. The molecule has 0 unspecified atom stereocenters. The van der Waals surface area contributed by atoms with Gasteiger partial charge in [-0.05, 0) is 36.4 Å². The zero-order chi connectivity index (χ0) is 14.8. The van der Waals surface area contributed by atoms with Crippen molar-refractivity contribution in [2.75, 3.05) is 0 Å². The van der Waals surface area contributed by atoms with Gasteiger partial charge < -0.3 is 4.42 Å². The number of aliphatic imine (C=N–C) groups is 1. The molecule has 0 bridgehead atoms. The molecule has 0 radical (unpaired) electrons. The van der Waals surface area contributed by atoms with Crippen LogP contribution in [0.25, 0.3) is 11.3 Å². The molecule has 6 nitrogen and oxygen atoms in total. The van der Waals surface area contributed by atoms with Crippen LogP contribution in [0.15, 0.2) is 50.9 Å². The summed E-state index contributed by atoms with van der Waals surface area (Å²) in [6, 6.07) is 10.7. The van der Waals surface area contributed by atoms with E-state index in [9.17, 15) is 9.59 Å². The number of nitrogens with zero attached hydrogens (tertiary/aromatic N) is 3. The first-order valence-corrected chi connectivity index (χ1v) is 6.33. The second-order valence-electron chi connectivity index (χ2n) is 4.15. The molecule has 3 rings (SSSR count). The maximum atomic E-state index is 11.3. The molecule has 2 aromatic rings. The molecule has 2 amide bonds. The molecule has 0 atom stereocenters. The fourth-order valence-corrected chi connectivity index (χ4v) is 1.83. The van der Waals surface area contributed by atoms with Crippen LogP contribution in [0.1, 0.15) is 5.76 Å². The second kappa shape index (κ2) is 5.34. The summed E-state index contributed by atoms with van der Waals surface area (Å²) in [6.07, 6.45) is 2.39. The van der Waals surface area contributed by atoms with Crippen molar-refractivity contribution in [3.63, 3.8) is 0 Å². The normalized spacial score (nSPS) is 14.6. The lowest BCUT2D eigenvalue weighted by Gasteiger charge is -2.00. The Balaban J connectivity index is 1.76. The summed E-state index contributed by atoms with van der Waals surface area (Å²) in [7, 11) is 0. The van der Waals surface area contributed by atoms with E-state index in [1.807, 2.05) is 12.1 Å². The fourth-order valence-electron chi connectivity index (χ4n) is 1.71. The van der Waals surface area contributed by atoms with Crippen LogP contribution in [-0.2, 0) is 9.59 Å². The van der Waals surface area contributed by atoms with Crippen molar-refractivity contribution in [3.05, 3.63) is 47.2 Å². The van der Waals surface area contributed by atoms with Gasteiger partial charge in [-0.15, -0.1) is 0 Å². The molecule has 0 saturated heterocycles. The number of hydrazone groups is 1. The Morgan fingerprint density at radius 2 is 1.90 bits per heavy atom. The van der Waals surface area contributed by atoms with Gasteiger partial charge in [0.1, 0.15) is 17.9 Å². The van der Waals surface area contributed by atoms with Crippen LogP contribution in [0.4, 0.5) is 0 Å². The monoisotopic (exact) mass is 301 g/mol. The minimum atomic E-state index is -0.839. The van der Waals surface area contributed by atoms with E-state index >= 15 is 0 Å². The number of hydrogen-bond acceptors (Lipinski definition) is 4. The van der Waals surface area contributed by atoms with Gasteiger partial charge in [-0.25, -0.2) is 0 Å². The summed E-state index contributed by atoms with van der Waals surface area (Å²) in [4.78, 5) is 25.5. The van der Waals surface area contributed by atoms with Crippen LogP contribution in [0.3, 0.4) is 0 Å². The summed E-state index contributed by atoms with van der Waals surface area (Å²) in [5.41, 5.74) is 0.869. The lowest BCUT2D eigenvalue weighted by atomic mass is 10.2. The van der Waals surface area contributed by atoms with Gasteiger partial charge in [0.05, 0.1) is 6.21 Å². The Bertz CT molecular complexity index is 762. The van der Waals surface area contributed by atoms with E-state index < -0.39 is 11.8 Å². The van der Waals surface area contributed by atoms with E-state index in [0.717, 1.165) is 16.9 Å². The molecule has 104 valence electrons. The van der Waals surface area contributed by atoms with E-state index in [2.05, 4.69) is 10.1 Å². The van der Waals surface area contributed by atoms with Crippen LogP contribution >= 0.6 is 11.6 Å². The summed E-state index contributed by atoms with van der Waals surface area (Å²) in [5.74, 6) is -0.546. The average molecular weight is 302 g/mol. The molecule has 1 aliphatic heterocycles. The molecule has 1 aromatic carbocycles. The zero-order valence-electron chi connectivity index (χ0n) is 10.6. The third-order valence-corrected chi connectivity index (χ3v) is 2.99. The number of rotatable bonds is 3. The minimum absolute atomic E-state index is 0.445. The predicted octanol–water partition coefficient (Wildman–Crippen LogP) is 2.33. The SMILES string of the molecule is O=C1N=CN(N=Cc2ccc(-c3ccc(Cl)cc3)o2)C1=O. The standard InChI is InChI=1S/C14H8ClN3O3/c15-10-3-1-9(2-4-10)12-6-5-11(21-12)7-17-18-8-16-13(19)14(18)20/h1-8H. The van der Waals surface area contributed by atoms with Gasteiger partial charge in [0.15, 0.2) is 0 Å². The quantitative estimate of drug-likeness (QED) is 0.645. The molecular formula is C14H8ClN3O3. The molecule has 0 saturated carbocycles. The number of furan rings is 1. The average Bonchev–Trinajstić information content (AvgIpc) is 3.07. The van der Waals surface area contributed by atoms with E-state index in [-0.39, 0.29) is 0 Å². The number of amides is 2. The molecular weight excluding hydrogens is 294 g/mol. The molecule has 7 heteroatoms. The van der Waals surface area contributed by atoms with E-state index in [1.165, 1.54) is 6.21 Å². The first-order chi connectivity index (χ1) is 10.1. The molecule has 0 fully saturated rings. The Hall–Kier alpha value is -2.73. The smallest absolute Gasteiger partial charge is 0.340 e. The molecule has 2 heterocycles. The molecule has 0 spiro atoms. The third-order valence-electron chi connectivity index (χ3n) is 2.74.